The van der Waals surface area contributed by atoms with Gasteiger partial charge >= 0.3 is 0 Å². The molecule has 0 N–H and O–H groups in total. The van der Waals surface area contributed by atoms with E-state index < -0.39 is 0 Å². The molecule has 4 heteroatoms. The van der Waals surface area contributed by atoms with Gasteiger partial charge in [-0.15, -0.1) is 11.8 Å². The molecule has 24 heavy (non-hydrogen) atoms. The molecule has 4 rings (SSSR count). The van der Waals surface area contributed by atoms with Gasteiger partial charge in [0.2, 0.25) is 0 Å². The number of aryl methyl sites for hydroxylation is 2. The van der Waals surface area contributed by atoms with Gasteiger partial charge in [-0.1, -0.05) is 53.2 Å². The fourth-order valence-electron chi connectivity index (χ4n) is 2.86. The SMILES string of the molecule is Cc1cccc(CSc2ncc3c(n2)-c2cc(C)ccc2SC3)c1. The molecule has 120 valence electrons. The topological polar surface area (TPSA) is 25.8 Å². The van der Waals surface area contributed by atoms with Crippen molar-refractivity contribution in [3.8, 4) is 11.3 Å². The van der Waals surface area contributed by atoms with E-state index in [-0.39, 0.29) is 0 Å². The van der Waals surface area contributed by atoms with Crippen molar-refractivity contribution in [2.75, 3.05) is 0 Å². The van der Waals surface area contributed by atoms with Crippen LogP contribution in [0.2, 0.25) is 0 Å². The summed E-state index contributed by atoms with van der Waals surface area (Å²) in [4.78, 5) is 10.8. The van der Waals surface area contributed by atoms with Gasteiger partial charge in [0.1, 0.15) is 0 Å². The number of aromatic nitrogens is 2. The third-order valence-corrected chi connectivity index (χ3v) is 6.12. The zero-order chi connectivity index (χ0) is 16.5. The van der Waals surface area contributed by atoms with E-state index in [0.717, 1.165) is 22.4 Å². The average molecular weight is 351 g/mol. The lowest BCUT2D eigenvalue weighted by Crippen LogP contribution is -2.02. The second kappa shape index (κ2) is 6.61. The van der Waals surface area contributed by atoms with Crippen LogP contribution in [0.15, 0.2) is 58.7 Å². The maximum Gasteiger partial charge on any atom is 0.188 e. The standard InChI is InChI=1S/C20H18N2S2/c1-13-4-3-5-15(8-13)11-24-20-21-10-16-12-23-18-7-6-14(2)9-17(18)19(16)22-20/h3-10H,11-12H2,1-2H3. The summed E-state index contributed by atoms with van der Waals surface area (Å²) < 4.78 is 0. The molecular weight excluding hydrogens is 332 g/mol. The van der Waals surface area contributed by atoms with Gasteiger partial charge in [0.05, 0.1) is 5.69 Å². The van der Waals surface area contributed by atoms with Crippen LogP contribution in [0.1, 0.15) is 22.3 Å². The predicted octanol–water partition coefficient (Wildman–Crippen LogP) is 5.66. The van der Waals surface area contributed by atoms with Crippen LogP contribution in [0.25, 0.3) is 11.3 Å². The minimum atomic E-state index is 0.856. The van der Waals surface area contributed by atoms with Crippen LogP contribution in [0.3, 0.4) is 0 Å². The minimum absolute atomic E-state index is 0.856. The van der Waals surface area contributed by atoms with E-state index in [0.29, 0.717) is 0 Å². The molecule has 0 spiro atoms. The van der Waals surface area contributed by atoms with Crippen molar-refractivity contribution in [3.63, 3.8) is 0 Å². The summed E-state index contributed by atoms with van der Waals surface area (Å²) >= 11 is 3.58. The van der Waals surface area contributed by atoms with Crippen LogP contribution in [-0.2, 0) is 11.5 Å². The normalized spacial score (nSPS) is 12.6. The summed E-state index contributed by atoms with van der Waals surface area (Å²) in [6, 6.07) is 15.2. The van der Waals surface area contributed by atoms with Crippen molar-refractivity contribution in [3.05, 3.63) is 70.9 Å². The molecule has 0 saturated carbocycles. The summed E-state index contributed by atoms with van der Waals surface area (Å²) in [7, 11) is 0. The first-order valence-electron chi connectivity index (χ1n) is 7.97. The molecule has 0 bridgehead atoms. The molecule has 2 aromatic carbocycles. The van der Waals surface area contributed by atoms with Crippen LogP contribution < -0.4 is 0 Å². The number of hydrogen-bond acceptors (Lipinski definition) is 4. The Bertz CT molecular complexity index is 906. The quantitative estimate of drug-likeness (QED) is 0.450. The number of nitrogens with zero attached hydrogens (tertiary/aromatic N) is 2. The van der Waals surface area contributed by atoms with E-state index in [1.165, 1.54) is 32.7 Å². The van der Waals surface area contributed by atoms with Crippen molar-refractivity contribution < 1.29 is 0 Å². The number of rotatable bonds is 3. The number of hydrogen-bond donors (Lipinski definition) is 0. The van der Waals surface area contributed by atoms with E-state index >= 15 is 0 Å². The molecule has 3 aromatic rings. The largest absolute Gasteiger partial charge is 0.231 e. The van der Waals surface area contributed by atoms with Crippen molar-refractivity contribution in [2.45, 2.75) is 35.4 Å². The zero-order valence-electron chi connectivity index (χ0n) is 13.7. The molecule has 2 heterocycles. The van der Waals surface area contributed by atoms with Gasteiger partial charge in [-0.2, -0.15) is 0 Å². The molecule has 1 aliphatic heterocycles. The van der Waals surface area contributed by atoms with Gasteiger partial charge in [-0.25, -0.2) is 9.97 Å². The lowest BCUT2D eigenvalue weighted by molar-refractivity contribution is 0.946. The molecule has 0 fully saturated rings. The molecule has 1 aliphatic rings. The second-order valence-electron chi connectivity index (χ2n) is 6.09. The molecule has 1 aromatic heterocycles. The highest BCUT2D eigenvalue weighted by atomic mass is 32.2. The highest BCUT2D eigenvalue weighted by Gasteiger charge is 2.19. The summed E-state index contributed by atoms with van der Waals surface area (Å²) in [5, 5.41) is 0.856. The summed E-state index contributed by atoms with van der Waals surface area (Å²) in [6.07, 6.45) is 2.00. The average Bonchev–Trinajstić information content (AvgIpc) is 2.60. The van der Waals surface area contributed by atoms with Crippen LogP contribution in [0.4, 0.5) is 0 Å². The first-order chi connectivity index (χ1) is 11.7. The lowest BCUT2D eigenvalue weighted by Gasteiger charge is -2.19. The molecular formula is C20H18N2S2. The highest BCUT2D eigenvalue weighted by molar-refractivity contribution is 7.98. The van der Waals surface area contributed by atoms with Gasteiger partial charge < -0.3 is 0 Å². The first-order valence-corrected chi connectivity index (χ1v) is 9.94. The van der Waals surface area contributed by atoms with Gasteiger partial charge in [0, 0.05) is 33.7 Å². The molecule has 0 aliphatic carbocycles. The van der Waals surface area contributed by atoms with Crippen LogP contribution in [-0.4, -0.2) is 9.97 Å². The molecule has 2 nitrogen and oxygen atoms in total. The van der Waals surface area contributed by atoms with Crippen LogP contribution in [0.5, 0.6) is 0 Å². The van der Waals surface area contributed by atoms with Crippen LogP contribution >= 0.6 is 23.5 Å². The van der Waals surface area contributed by atoms with Gasteiger partial charge in [-0.05, 0) is 31.5 Å². The Morgan fingerprint density at radius 3 is 2.83 bits per heavy atom. The summed E-state index contributed by atoms with van der Waals surface area (Å²) in [5.74, 6) is 1.85. The molecule has 0 atom stereocenters. The Kier molecular flexibility index (Phi) is 4.33. The van der Waals surface area contributed by atoms with Crippen molar-refractivity contribution in [2.24, 2.45) is 0 Å². The Balaban J connectivity index is 1.62. The maximum absolute atomic E-state index is 4.87. The lowest BCUT2D eigenvalue weighted by atomic mass is 10.1. The Labute approximate surface area is 151 Å². The highest BCUT2D eigenvalue weighted by Crippen LogP contribution is 2.41. The van der Waals surface area contributed by atoms with E-state index in [1.54, 1.807) is 11.8 Å². The maximum atomic E-state index is 4.87. The van der Waals surface area contributed by atoms with E-state index in [2.05, 4.69) is 61.3 Å². The second-order valence-corrected chi connectivity index (χ2v) is 8.05. The Morgan fingerprint density at radius 2 is 1.96 bits per heavy atom. The minimum Gasteiger partial charge on any atom is -0.231 e. The predicted molar refractivity (Wildman–Crippen MR) is 103 cm³/mol. The van der Waals surface area contributed by atoms with E-state index in [4.69, 9.17) is 4.98 Å². The zero-order valence-corrected chi connectivity index (χ0v) is 15.4. The van der Waals surface area contributed by atoms with Crippen molar-refractivity contribution in [1.82, 2.24) is 9.97 Å². The van der Waals surface area contributed by atoms with E-state index in [9.17, 15) is 0 Å². The summed E-state index contributed by atoms with van der Waals surface area (Å²) in [5.41, 5.74) is 7.47. The fourth-order valence-corrected chi connectivity index (χ4v) is 4.62. The van der Waals surface area contributed by atoms with Gasteiger partial charge in [-0.3, -0.25) is 0 Å². The van der Waals surface area contributed by atoms with Gasteiger partial charge in [0.25, 0.3) is 0 Å². The Hall–Kier alpha value is -1.78. The molecule has 0 saturated heterocycles. The van der Waals surface area contributed by atoms with Gasteiger partial charge in [0.15, 0.2) is 5.16 Å². The third kappa shape index (κ3) is 3.21. The smallest absolute Gasteiger partial charge is 0.188 e. The van der Waals surface area contributed by atoms with Crippen molar-refractivity contribution in [1.29, 1.82) is 0 Å². The first kappa shape index (κ1) is 15.7. The van der Waals surface area contributed by atoms with Crippen molar-refractivity contribution >= 4 is 23.5 Å². The third-order valence-electron chi connectivity index (χ3n) is 4.07. The number of thioether (sulfide) groups is 2. The molecule has 0 amide bonds. The monoisotopic (exact) mass is 350 g/mol. The number of fused-ring (bicyclic) bond motifs is 3. The molecule has 0 radical (unpaired) electrons. The summed E-state index contributed by atoms with van der Waals surface area (Å²) in [6.45, 7) is 4.26. The fraction of sp³-hybridized carbons (Fsp3) is 0.200. The van der Waals surface area contributed by atoms with E-state index in [1.807, 2.05) is 18.0 Å². The van der Waals surface area contributed by atoms with Crippen LogP contribution in [0, 0.1) is 13.8 Å². The molecule has 0 unspecified atom stereocenters. The number of benzene rings is 2. The Morgan fingerprint density at radius 1 is 1.08 bits per heavy atom.